The van der Waals surface area contributed by atoms with E-state index in [1.54, 1.807) is 24.3 Å². The fourth-order valence-electron chi connectivity index (χ4n) is 2.68. The SMILES string of the molecule is Cc1cccc(C(=O)NC(C(=O)NC(C)c2ccc(Cl)cc2)C(C)C)c1. The Kier molecular flexibility index (Phi) is 6.81. The van der Waals surface area contributed by atoms with Crippen molar-refractivity contribution in [2.45, 2.75) is 39.8 Å². The van der Waals surface area contributed by atoms with Gasteiger partial charge in [-0.3, -0.25) is 9.59 Å². The van der Waals surface area contributed by atoms with Crippen LogP contribution in [-0.2, 0) is 4.79 Å². The van der Waals surface area contributed by atoms with Crippen LogP contribution in [0.4, 0.5) is 0 Å². The predicted molar refractivity (Wildman–Crippen MR) is 105 cm³/mol. The van der Waals surface area contributed by atoms with Gasteiger partial charge in [-0.15, -0.1) is 0 Å². The van der Waals surface area contributed by atoms with Crippen molar-refractivity contribution in [3.05, 3.63) is 70.2 Å². The van der Waals surface area contributed by atoms with Crippen LogP contribution < -0.4 is 10.6 Å². The fraction of sp³-hybridized carbons (Fsp3) is 0.333. The Hall–Kier alpha value is -2.33. The second kappa shape index (κ2) is 8.86. The van der Waals surface area contributed by atoms with Crippen molar-refractivity contribution in [1.82, 2.24) is 10.6 Å². The Morgan fingerprint density at radius 2 is 1.62 bits per heavy atom. The molecular weight excluding hydrogens is 348 g/mol. The molecule has 2 rings (SSSR count). The number of benzene rings is 2. The molecule has 0 radical (unpaired) electrons. The summed E-state index contributed by atoms with van der Waals surface area (Å²) >= 11 is 5.91. The van der Waals surface area contributed by atoms with Crippen molar-refractivity contribution in [2.75, 3.05) is 0 Å². The van der Waals surface area contributed by atoms with Gasteiger partial charge in [-0.25, -0.2) is 0 Å². The highest BCUT2D eigenvalue weighted by Gasteiger charge is 2.26. The minimum atomic E-state index is -0.613. The van der Waals surface area contributed by atoms with E-state index < -0.39 is 6.04 Å². The van der Waals surface area contributed by atoms with Crippen LogP contribution in [0.15, 0.2) is 48.5 Å². The number of rotatable bonds is 6. The van der Waals surface area contributed by atoms with E-state index in [0.717, 1.165) is 11.1 Å². The summed E-state index contributed by atoms with van der Waals surface area (Å²) in [5, 5.41) is 6.47. The summed E-state index contributed by atoms with van der Waals surface area (Å²) in [6.45, 7) is 7.65. The van der Waals surface area contributed by atoms with Gasteiger partial charge in [-0.2, -0.15) is 0 Å². The number of amides is 2. The molecule has 2 aromatic rings. The molecule has 0 bridgehead atoms. The van der Waals surface area contributed by atoms with Gasteiger partial charge in [-0.1, -0.05) is 55.3 Å². The first-order valence-electron chi connectivity index (χ1n) is 8.71. The molecule has 2 N–H and O–H groups in total. The Morgan fingerprint density at radius 3 is 2.19 bits per heavy atom. The molecule has 4 nitrogen and oxygen atoms in total. The standard InChI is InChI=1S/C21H25ClN2O2/c1-13(2)19(24-20(25)17-7-5-6-14(3)12-17)21(26)23-15(4)16-8-10-18(22)11-9-16/h5-13,15,19H,1-4H3,(H,23,26)(H,24,25). The van der Waals surface area contributed by atoms with Gasteiger partial charge >= 0.3 is 0 Å². The van der Waals surface area contributed by atoms with Crippen molar-refractivity contribution in [1.29, 1.82) is 0 Å². The summed E-state index contributed by atoms with van der Waals surface area (Å²) in [5.74, 6) is -0.494. The number of aryl methyl sites for hydroxylation is 1. The van der Waals surface area contributed by atoms with E-state index >= 15 is 0 Å². The summed E-state index contributed by atoms with van der Waals surface area (Å²) in [5.41, 5.74) is 2.50. The van der Waals surface area contributed by atoms with Gasteiger partial charge in [0.05, 0.1) is 6.04 Å². The number of nitrogens with one attached hydrogen (secondary N) is 2. The maximum absolute atomic E-state index is 12.7. The fourth-order valence-corrected chi connectivity index (χ4v) is 2.81. The normalized spacial score (nSPS) is 13.2. The molecule has 2 atom stereocenters. The monoisotopic (exact) mass is 372 g/mol. The average Bonchev–Trinajstić information content (AvgIpc) is 2.59. The lowest BCUT2D eigenvalue weighted by Crippen LogP contribution is -2.50. The first-order valence-corrected chi connectivity index (χ1v) is 9.09. The second-order valence-corrected chi connectivity index (χ2v) is 7.28. The zero-order chi connectivity index (χ0) is 19.3. The molecule has 138 valence electrons. The van der Waals surface area contributed by atoms with Crippen molar-refractivity contribution < 1.29 is 9.59 Å². The van der Waals surface area contributed by atoms with Gasteiger partial charge in [0.2, 0.25) is 5.91 Å². The number of carbonyl (C=O) groups excluding carboxylic acids is 2. The zero-order valence-electron chi connectivity index (χ0n) is 15.5. The number of carbonyl (C=O) groups is 2. The Labute approximate surface area is 159 Å². The van der Waals surface area contributed by atoms with E-state index in [-0.39, 0.29) is 23.8 Å². The molecule has 0 aliphatic rings. The van der Waals surface area contributed by atoms with Crippen molar-refractivity contribution >= 4 is 23.4 Å². The van der Waals surface area contributed by atoms with Crippen LogP contribution in [0.1, 0.15) is 48.3 Å². The van der Waals surface area contributed by atoms with Crippen LogP contribution in [0.3, 0.4) is 0 Å². The zero-order valence-corrected chi connectivity index (χ0v) is 16.3. The largest absolute Gasteiger partial charge is 0.348 e. The summed E-state index contributed by atoms with van der Waals surface area (Å²) in [7, 11) is 0. The van der Waals surface area contributed by atoms with Gasteiger partial charge in [0.15, 0.2) is 0 Å². The minimum absolute atomic E-state index is 0.0406. The first kappa shape index (κ1) is 20.0. The molecule has 2 unspecified atom stereocenters. The lowest BCUT2D eigenvalue weighted by molar-refractivity contribution is -0.124. The van der Waals surface area contributed by atoms with Gasteiger partial charge in [0.25, 0.3) is 5.91 Å². The van der Waals surface area contributed by atoms with Gasteiger partial charge in [0.1, 0.15) is 6.04 Å². The lowest BCUT2D eigenvalue weighted by atomic mass is 10.0. The Morgan fingerprint density at radius 1 is 0.962 bits per heavy atom. The van der Waals surface area contributed by atoms with Crippen LogP contribution >= 0.6 is 11.6 Å². The first-order chi connectivity index (χ1) is 12.3. The molecule has 5 heteroatoms. The molecule has 0 aromatic heterocycles. The maximum atomic E-state index is 12.7. The van der Waals surface area contributed by atoms with Crippen LogP contribution in [0.2, 0.25) is 5.02 Å². The highest BCUT2D eigenvalue weighted by atomic mass is 35.5. The summed E-state index contributed by atoms with van der Waals surface area (Å²) < 4.78 is 0. The molecule has 2 amide bonds. The average molecular weight is 373 g/mol. The van der Waals surface area contributed by atoms with Crippen molar-refractivity contribution in [3.8, 4) is 0 Å². The predicted octanol–water partition coefficient (Wildman–Crippen LogP) is 4.28. The topological polar surface area (TPSA) is 58.2 Å². The van der Waals surface area contributed by atoms with E-state index in [4.69, 9.17) is 11.6 Å². The molecule has 0 saturated heterocycles. The highest BCUT2D eigenvalue weighted by molar-refractivity contribution is 6.30. The van der Waals surface area contributed by atoms with E-state index in [9.17, 15) is 9.59 Å². The number of hydrogen-bond acceptors (Lipinski definition) is 2. The summed E-state index contributed by atoms with van der Waals surface area (Å²) in [4.78, 5) is 25.2. The molecule has 0 heterocycles. The van der Waals surface area contributed by atoms with Gasteiger partial charge in [-0.05, 0) is 49.6 Å². The van der Waals surface area contributed by atoms with Crippen LogP contribution in [0.5, 0.6) is 0 Å². The van der Waals surface area contributed by atoms with Gasteiger partial charge in [0, 0.05) is 10.6 Å². The van der Waals surface area contributed by atoms with Gasteiger partial charge < -0.3 is 10.6 Å². The van der Waals surface area contributed by atoms with Crippen LogP contribution in [0, 0.1) is 12.8 Å². The number of halogens is 1. The maximum Gasteiger partial charge on any atom is 0.251 e. The Bertz CT molecular complexity index is 772. The summed E-state index contributed by atoms with van der Waals surface area (Å²) in [6.07, 6.45) is 0. The number of hydrogen-bond donors (Lipinski definition) is 2. The molecular formula is C21H25ClN2O2. The minimum Gasteiger partial charge on any atom is -0.348 e. The second-order valence-electron chi connectivity index (χ2n) is 6.85. The molecule has 0 saturated carbocycles. The third-order valence-electron chi connectivity index (χ3n) is 4.24. The van der Waals surface area contributed by atoms with Crippen molar-refractivity contribution in [2.24, 2.45) is 5.92 Å². The smallest absolute Gasteiger partial charge is 0.251 e. The lowest BCUT2D eigenvalue weighted by Gasteiger charge is -2.24. The summed E-state index contributed by atoms with van der Waals surface area (Å²) in [6, 6.07) is 13.8. The quantitative estimate of drug-likeness (QED) is 0.795. The third-order valence-corrected chi connectivity index (χ3v) is 4.50. The van der Waals surface area contributed by atoms with E-state index in [0.29, 0.717) is 10.6 Å². The molecule has 0 aliphatic carbocycles. The third kappa shape index (κ3) is 5.33. The van der Waals surface area contributed by atoms with Crippen LogP contribution in [-0.4, -0.2) is 17.9 Å². The molecule has 2 aromatic carbocycles. The van der Waals surface area contributed by atoms with E-state index in [1.165, 1.54) is 0 Å². The van der Waals surface area contributed by atoms with Crippen LogP contribution in [0.25, 0.3) is 0 Å². The van der Waals surface area contributed by atoms with E-state index in [2.05, 4.69) is 10.6 Å². The molecule has 0 spiro atoms. The Balaban J connectivity index is 2.07. The molecule has 26 heavy (non-hydrogen) atoms. The highest BCUT2D eigenvalue weighted by Crippen LogP contribution is 2.17. The van der Waals surface area contributed by atoms with Crippen molar-refractivity contribution in [3.63, 3.8) is 0 Å². The molecule has 0 aliphatic heterocycles. The molecule has 0 fully saturated rings. The van der Waals surface area contributed by atoms with E-state index in [1.807, 2.05) is 52.0 Å².